The van der Waals surface area contributed by atoms with E-state index in [1.54, 1.807) is 0 Å². The Balaban J connectivity index is 2.70. The Hall–Kier alpha value is -0.863. The summed E-state index contributed by atoms with van der Waals surface area (Å²) in [7, 11) is 0.404. The fourth-order valence-corrected chi connectivity index (χ4v) is 1.86. The van der Waals surface area contributed by atoms with E-state index in [1.165, 1.54) is 10.8 Å². The third-order valence-corrected chi connectivity index (χ3v) is 3.09. The Morgan fingerprint density at radius 3 is 2.53 bits per heavy atom. The Bertz CT molecular complexity index is 350. The predicted octanol–water partition coefficient (Wildman–Crippen LogP) is 2.78. The molecule has 0 saturated heterocycles. The maximum absolute atomic E-state index is 5.75. The summed E-state index contributed by atoms with van der Waals surface area (Å²) in [5.41, 5.74) is 2.22. The third-order valence-electron chi connectivity index (χ3n) is 1.83. The predicted molar refractivity (Wildman–Crippen MR) is 67.4 cm³/mol. The molecule has 0 heterocycles. The minimum absolute atomic E-state index is 0.0718. The van der Waals surface area contributed by atoms with Crippen LogP contribution in [0.15, 0.2) is 30.8 Å². The molecule has 1 nitrogen and oxygen atoms in total. The summed E-state index contributed by atoms with van der Waals surface area (Å²) in [6.45, 7) is 12.2. The summed E-state index contributed by atoms with van der Waals surface area (Å²) >= 11 is 0. The van der Waals surface area contributed by atoms with E-state index < -0.39 is 0 Å². The van der Waals surface area contributed by atoms with Crippen molar-refractivity contribution in [3.8, 4) is 0 Å². The second kappa shape index (κ2) is 4.77. The second-order valence-corrected chi connectivity index (χ2v) is 5.66. The zero-order valence-corrected chi connectivity index (χ0v) is 10.9. The Morgan fingerprint density at radius 2 is 2.00 bits per heavy atom. The Labute approximate surface area is 95.1 Å². The Kier molecular flexibility index (Phi) is 3.88. The van der Waals surface area contributed by atoms with E-state index in [1.807, 2.05) is 6.92 Å². The zero-order valence-electron chi connectivity index (χ0n) is 9.92. The average Bonchev–Trinajstić information content (AvgIpc) is 2.14. The van der Waals surface area contributed by atoms with Crippen LogP contribution in [0.4, 0.5) is 0 Å². The van der Waals surface area contributed by atoms with Crippen molar-refractivity contribution in [2.24, 2.45) is 0 Å². The fraction of sp³-hybridized carbons (Fsp3) is 0.385. The van der Waals surface area contributed by atoms with Crippen molar-refractivity contribution in [2.45, 2.75) is 33.3 Å². The summed E-state index contributed by atoms with van der Waals surface area (Å²) in [6.07, 6.45) is 0. The molecule has 0 fully saturated rings. The van der Waals surface area contributed by atoms with E-state index in [2.05, 4.69) is 51.6 Å². The molecule has 0 N–H and O–H groups in total. The van der Waals surface area contributed by atoms with Crippen LogP contribution >= 0.6 is 0 Å². The van der Waals surface area contributed by atoms with Crippen LogP contribution in [0, 0.1) is 0 Å². The molecule has 15 heavy (non-hydrogen) atoms. The second-order valence-electron chi connectivity index (χ2n) is 4.68. The maximum Gasteiger partial charge on any atom is 0.269 e. The highest BCUT2D eigenvalue weighted by Crippen LogP contribution is 2.09. The monoisotopic (exact) mass is 218 g/mol. The van der Waals surface area contributed by atoms with E-state index in [-0.39, 0.29) is 5.60 Å². The van der Waals surface area contributed by atoms with Gasteiger partial charge in [-0.25, -0.2) is 0 Å². The van der Waals surface area contributed by atoms with Crippen LogP contribution in [-0.2, 0) is 4.43 Å². The quantitative estimate of drug-likeness (QED) is 0.709. The summed E-state index contributed by atoms with van der Waals surface area (Å²) < 4.78 is 5.75. The third kappa shape index (κ3) is 4.45. The SMILES string of the molecule is C=C(C)c1cccc([Si]OC(C)(C)C)c1. The molecule has 0 amide bonds. The van der Waals surface area contributed by atoms with Crippen molar-refractivity contribution in [3.05, 3.63) is 36.4 Å². The molecule has 1 rings (SSSR count). The van der Waals surface area contributed by atoms with Gasteiger partial charge in [0.15, 0.2) is 0 Å². The van der Waals surface area contributed by atoms with Gasteiger partial charge < -0.3 is 4.43 Å². The molecule has 0 atom stereocenters. The molecule has 80 valence electrons. The first kappa shape index (κ1) is 12.2. The lowest BCUT2D eigenvalue weighted by Gasteiger charge is -2.19. The molecule has 0 bridgehead atoms. The normalized spacial score (nSPS) is 11.5. The maximum atomic E-state index is 5.75. The largest absolute Gasteiger partial charge is 0.407 e. The number of benzene rings is 1. The number of allylic oxidation sites excluding steroid dienone is 1. The molecule has 0 aromatic heterocycles. The molecule has 0 spiro atoms. The van der Waals surface area contributed by atoms with Crippen LogP contribution in [0.25, 0.3) is 5.57 Å². The van der Waals surface area contributed by atoms with Crippen LogP contribution in [0.1, 0.15) is 33.3 Å². The lowest BCUT2D eigenvalue weighted by atomic mass is 10.1. The van der Waals surface area contributed by atoms with E-state index in [0.29, 0.717) is 9.76 Å². The number of rotatable bonds is 3. The molecule has 0 aliphatic heterocycles. The summed E-state index contributed by atoms with van der Waals surface area (Å²) in [5.74, 6) is 0. The van der Waals surface area contributed by atoms with Crippen molar-refractivity contribution >= 4 is 20.5 Å². The van der Waals surface area contributed by atoms with E-state index in [4.69, 9.17) is 4.43 Å². The fourth-order valence-electron chi connectivity index (χ4n) is 1.06. The number of hydrogen-bond donors (Lipinski definition) is 0. The summed E-state index contributed by atoms with van der Waals surface area (Å²) in [4.78, 5) is 0. The molecule has 2 radical (unpaired) electrons. The van der Waals surface area contributed by atoms with Gasteiger partial charge in [0.25, 0.3) is 9.76 Å². The van der Waals surface area contributed by atoms with Crippen molar-refractivity contribution in [1.29, 1.82) is 0 Å². The van der Waals surface area contributed by atoms with Crippen molar-refractivity contribution in [3.63, 3.8) is 0 Å². The van der Waals surface area contributed by atoms with Gasteiger partial charge in [-0.2, -0.15) is 0 Å². The first-order valence-electron chi connectivity index (χ1n) is 5.08. The van der Waals surface area contributed by atoms with Crippen LogP contribution < -0.4 is 5.19 Å². The van der Waals surface area contributed by atoms with E-state index in [9.17, 15) is 0 Å². The topological polar surface area (TPSA) is 9.23 Å². The van der Waals surface area contributed by atoms with Crippen LogP contribution in [-0.4, -0.2) is 15.4 Å². The van der Waals surface area contributed by atoms with E-state index >= 15 is 0 Å². The molecule has 1 aromatic carbocycles. The molecule has 2 heteroatoms. The van der Waals surface area contributed by atoms with Crippen LogP contribution in [0.2, 0.25) is 0 Å². The minimum Gasteiger partial charge on any atom is -0.407 e. The number of hydrogen-bond acceptors (Lipinski definition) is 1. The van der Waals surface area contributed by atoms with Crippen molar-refractivity contribution in [2.75, 3.05) is 0 Å². The lowest BCUT2D eigenvalue weighted by molar-refractivity contribution is 0.142. The first-order chi connectivity index (χ1) is 6.88. The van der Waals surface area contributed by atoms with Crippen LogP contribution in [0.3, 0.4) is 0 Å². The van der Waals surface area contributed by atoms with Gasteiger partial charge in [-0.15, -0.1) is 0 Å². The average molecular weight is 218 g/mol. The van der Waals surface area contributed by atoms with Gasteiger partial charge in [0.1, 0.15) is 0 Å². The molecule has 0 aliphatic carbocycles. The van der Waals surface area contributed by atoms with Crippen molar-refractivity contribution < 1.29 is 4.43 Å². The van der Waals surface area contributed by atoms with Crippen molar-refractivity contribution in [1.82, 2.24) is 0 Å². The van der Waals surface area contributed by atoms with Gasteiger partial charge in [-0.3, -0.25) is 0 Å². The lowest BCUT2D eigenvalue weighted by Crippen LogP contribution is -2.28. The standard InChI is InChI=1S/C13H18OSi/c1-10(2)11-7-6-8-12(9-11)15-14-13(3,4)5/h6-9H,1H2,2-5H3. The van der Waals surface area contributed by atoms with Gasteiger partial charge in [0, 0.05) is 5.60 Å². The minimum atomic E-state index is -0.0718. The van der Waals surface area contributed by atoms with Gasteiger partial charge >= 0.3 is 0 Å². The zero-order chi connectivity index (χ0) is 11.5. The summed E-state index contributed by atoms with van der Waals surface area (Å²) in [6, 6.07) is 8.37. The highest BCUT2D eigenvalue weighted by Gasteiger charge is 2.11. The summed E-state index contributed by atoms with van der Waals surface area (Å²) in [5, 5.41) is 1.23. The molecule has 0 unspecified atom stereocenters. The smallest absolute Gasteiger partial charge is 0.269 e. The van der Waals surface area contributed by atoms with Gasteiger partial charge in [-0.1, -0.05) is 36.4 Å². The van der Waals surface area contributed by atoms with Crippen LogP contribution in [0.5, 0.6) is 0 Å². The molecule has 0 aliphatic rings. The highest BCUT2D eigenvalue weighted by atomic mass is 28.2. The van der Waals surface area contributed by atoms with Gasteiger partial charge in [0.2, 0.25) is 0 Å². The van der Waals surface area contributed by atoms with E-state index in [0.717, 1.165) is 5.57 Å². The van der Waals surface area contributed by atoms with Gasteiger partial charge in [-0.05, 0) is 38.4 Å². The highest BCUT2D eigenvalue weighted by molar-refractivity contribution is 6.47. The molecular formula is C13H18OSi. The first-order valence-corrected chi connectivity index (χ1v) is 5.99. The molecule has 1 aromatic rings. The molecular weight excluding hydrogens is 200 g/mol. The Morgan fingerprint density at radius 1 is 1.33 bits per heavy atom. The molecule has 0 saturated carbocycles. The van der Waals surface area contributed by atoms with Gasteiger partial charge in [0.05, 0.1) is 0 Å².